The molecule has 5 heterocycles. The summed E-state index contributed by atoms with van der Waals surface area (Å²) in [5.41, 5.74) is 2.85. The standard InChI is InChI=1S/C37H31ClN4O6S/c1-16-23-12-19(38)4-9-28(23)49-32(16)26-14-29(41(3)40-26)42-35(46)25-13-24-21(6-7-22-30(24)34(45)39-33(22)44)31(37(25,2)36(42)47)18-10-17-11-20(43)5-8-27(17)48-15-18/h4-6,8-9,11-12,14-15,22,24-25,30-31,43H,7,10,13H2,1-3H3,(H,39,44,45). The molecule has 9 rings (SSSR count). The van der Waals surface area contributed by atoms with Crippen molar-refractivity contribution >= 4 is 62.5 Å². The number of anilines is 1. The van der Waals surface area contributed by atoms with Crippen molar-refractivity contribution in [1.29, 1.82) is 0 Å². The van der Waals surface area contributed by atoms with Crippen LogP contribution in [-0.2, 0) is 32.6 Å². The number of rotatable bonds is 3. The van der Waals surface area contributed by atoms with Crippen LogP contribution in [-0.4, -0.2) is 38.5 Å². The monoisotopic (exact) mass is 694 g/mol. The van der Waals surface area contributed by atoms with Crippen molar-refractivity contribution in [2.75, 3.05) is 4.90 Å². The van der Waals surface area contributed by atoms with E-state index in [2.05, 4.69) is 5.32 Å². The summed E-state index contributed by atoms with van der Waals surface area (Å²) < 4.78 is 8.70. The lowest BCUT2D eigenvalue weighted by Gasteiger charge is -2.49. The zero-order chi connectivity index (χ0) is 34.1. The van der Waals surface area contributed by atoms with Crippen LogP contribution in [0.3, 0.4) is 0 Å². The molecule has 6 unspecified atom stereocenters. The largest absolute Gasteiger partial charge is 0.508 e. The van der Waals surface area contributed by atoms with E-state index in [0.29, 0.717) is 35.1 Å². The number of carbonyl (C=O) groups excluding carboxylic acids is 4. The number of phenolic OH excluding ortho intramolecular Hbond substituents is 1. The molecule has 0 bridgehead atoms. The number of fused-ring (bicyclic) bond motifs is 6. The molecule has 248 valence electrons. The quantitative estimate of drug-likeness (QED) is 0.204. The number of thiophene rings is 1. The molecule has 5 aliphatic rings. The third kappa shape index (κ3) is 4.15. The summed E-state index contributed by atoms with van der Waals surface area (Å²) in [5, 5.41) is 19.2. The van der Waals surface area contributed by atoms with Gasteiger partial charge in [0, 0.05) is 40.7 Å². The maximum atomic E-state index is 15.0. The molecule has 3 aliphatic heterocycles. The zero-order valence-corrected chi connectivity index (χ0v) is 28.4. The van der Waals surface area contributed by atoms with E-state index < -0.39 is 35.0 Å². The van der Waals surface area contributed by atoms with E-state index in [-0.39, 0.29) is 35.8 Å². The summed E-state index contributed by atoms with van der Waals surface area (Å²) in [6.07, 6.45) is 4.67. The molecular weight excluding hydrogens is 664 g/mol. The summed E-state index contributed by atoms with van der Waals surface area (Å²) in [5.74, 6) is -3.16. The average molecular weight is 695 g/mol. The van der Waals surface area contributed by atoms with E-state index in [1.807, 2.05) is 38.1 Å². The van der Waals surface area contributed by atoms with Gasteiger partial charge >= 0.3 is 0 Å². The molecule has 1 saturated carbocycles. The molecule has 3 fully saturated rings. The van der Waals surface area contributed by atoms with Gasteiger partial charge in [0.25, 0.3) is 0 Å². The Morgan fingerprint density at radius 1 is 1.08 bits per heavy atom. The zero-order valence-electron chi connectivity index (χ0n) is 26.8. The van der Waals surface area contributed by atoms with Crippen LogP contribution in [0.1, 0.15) is 30.9 Å². The van der Waals surface area contributed by atoms with Gasteiger partial charge in [0.15, 0.2) is 0 Å². The second-order valence-corrected chi connectivity index (χ2v) is 15.5. The van der Waals surface area contributed by atoms with Crippen molar-refractivity contribution in [2.45, 2.75) is 33.1 Å². The number of hydrogen-bond donors (Lipinski definition) is 2. The molecule has 49 heavy (non-hydrogen) atoms. The lowest BCUT2D eigenvalue weighted by molar-refractivity contribution is -0.132. The SMILES string of the molecule is Cc1c(-c2cc(N3C(=O)C4CC5C(=CCC6C(=O)NC(=O)C65)C(C5=COc6ccc(O)cc6C5)C4(C)C3=O)n(C)n2)sc2ccc(Cl)cc12. The van der Waals surface area contributed by atoms with Gasteiger partial charge in [-0.25, -0.2) is 4.90 Å². The van der Waals surface area contributed by atoms with Gasteiger partial charge in [-0.3, -0.25) is 29.2 Å². The number of nitrogens with zero attached hydrogens (tertiary/aromatic N) is 3. The van der Waals surface area contributed by atoms with Crippen LogP contribution in [0.5, 0.6) is 11.5 Å². The first kappa shape index (κ1) is 30.3. The fraction of sp³-hybridized carbons (Fsp3) is 0.324. The number of amides is 4. The number of hydrogen-bond acceptors (Lipinski definition) is 8. The Kier molecular flexibility index (Phi) is 6.43. The normalized spacial score (nSPS) is 28.8. The highest BCUT2D eigenvalue weighted by Crippen LogP contribution is 2.62. The van der Waals surface area contributed by atoms with Gasteiger partial charge in [0.05, 0.1) is 34.3 Å². The maximum absolute atomic E-state index is 15.0. The second-order valence-electron chi connectivity index (χ2n) is 14.0. The van der Waals surface area contributed by atoms with Crippen LogP contribution in [0.4, 0.5) is 5.82 Å². The molecule has 4 amide bonds. The molecule has 2 saturated heterocycles. The Morgan fingerprint density at radius 3 is 2.71 bits per heavy atom. The number of aryl methyl sites for hydroxylation is 2. The van der Waals surface area contributed by atoms with E-state index in [1.165, 1.54) is 4.90 Å². The maximum Gasteiger partial charge on any atom is 0.242 e. The molecule has 2 aromatic heterocycles. The predicted octanol–water partition coefficient (Wildman–Crippen LogP) is 5.84. The highest BCUT2D eigenvalue weighted by atomic mass is 35.5. The van der Waals surface area contributed by atoms with E-state index >= 15 is 0 Å². The Bertz CT molecular complexity index is 2270. The van der Waals surface area contributed by atoms with Gasteiger partial charge in [-0.1, -0.05) is 23.3 Å². The molecular formula is C37H31ClN4O6S. The molecule has 0 spiro atoms. The minimum absolute atomic E-state index is 0.0948. The number of carbonyl (C=O) groups is 4. The Hall–Kier alpha value is -4.74. The van der Waals surface area contributed by atoms with Crippen molar-refractivity contribution in [3.8, 4) is 22.1 Å². The second kappa shape index (κ2) is 10.4. The third-order valence-corrected chi connectivity index (χ3v) is 13.0. The van der Waals surface area contributed by atoms with Crippen molar-refractivity contribution in [3.05, 3.63) is 82.1 Å². The van der Waals surface area contributed by atoms with E-state index in [0.717, 1.165) is 37.2 Å². The minimum atomic E-state index is -1.22. The first-order valence-electron chi connectivity index (χ1n) is 16.3. The number of nitrogens with one attached hydrogen (secondary N) is 1. The number of aromatic nitrogens is 2. The molecule has 2 N–H and O–H groups in total. The number of aromatic hydroxyl groups is 1. The highest BCUT2D eigenvalue weighted by molar-refractivity contribution is 7.22. The van der Waals surface area contributed by atoms with Crippen LogP contribution in [0.2, 0.25) is 5.02 Å². The first-order chi connectivity index (χ1) is 23.4. The molecule has 4 aromatic rings. The lowest BCUT2D eigenvalue weighted by Crippen LogP contribution is -2.51. The van der Waals surface area contributed by atoms with Crippen molar-refractivity contribution in [3.63, 3.8) is 0 Å². The molecule has 10 nitrogen and oxygen atoms in total. The number of allylic oxidation sites excluding steroid dienone is 3. The van der Waals surface area contributed by atoms with Crippen molar-refractivity contribution in [2.24, 2.45) is 42.1 Å². The summed E-state index contributed by atoms with van der Waals surface area (Å²) >= 11 is 7.87. The Morgan fingerprint density at radius 2 is 1.90 bits per heavy atom. The van der Waals surface area contributed by atoms with Gasteiger partial charge in [0.2, 0.25) is 23.6 Å². The number of halogens is 1. The van der Waals surface area contributed by atoms with Gasteiger partial charge in [-0.15, -0.1) is 11.3 Å². The fourth-order valence-electron chi connectivity index (χ4n) is 9.19. The summed E-state index contributed by atoms with van der Waals surface area (Å²) in [6, 6.07) is 12.4. The lowest BCUT2D eigenvalue weighted by atomic mass is 9.51. The highest BCUT2D eigenvalue weighted by Gasteiger charge is 2.67. The van der Waals surface area contributed by atoms with Crippen LogP contribution < -0.4 is 15.0 Å². The van der Waals surface area contributed by atoms with Crippen molar-refractivity contribution < 1.29 is 29.0 Å². The average Bonchev–Trinajstić information content (AvgIpc) is 3.75. The minimum Gasteiger partial charge on any atom is -0.508 e. The van der Waals surface area contributed by atoms with Crippen molar-refractivity contribution in [1.82, 2.24) is 15.1 Å². The molecule has 2 aliphatic carbocycles. The summed E-state index contributed by atoms with van der Waals surface area (Å²) in [6.45, 7) is 3.86. The molecule has 2 aromatic carbocycles. The van der Waals surface area contributed by atoms with Crippen LogP contribution in [0.25, 0.3) is 20.7 Å². The van der Waals surface area contributed by atoms with Gasteiger partial charge < -0.3 is 9.84 Å². The summed E-state index contributed by atoms with van der Waals surface area (Å²) in [7, 11) is 1.73. The van der Waals surface area contributed by atoms with Gasteiger partial charge in [0.1, 0.15) is 23.0 Å². The number of phenols is 1. The fourth-order valence-corrected chi connectivity index (χ4v) is 10.5. The molecule has 6 atom stereocenters. The number of ether oxygens (including phenoxy) is 1. The van der Waals surface area contributed by atoms with Crippen LogP contribution in [0.15, 0.2) is 65.9 Å². The smallest absolute Gasteiger partial charge is 0.242 e. The van der Waals surface area contributed by atoms with E-state index in [1.54, 1.807) is 53.6 Å². The topological polar surface area (TPSA) is 131 Å². The molecule has 12 heteroatoms. The predicted molar refractivity (Wildman–Crippen MR) is 183 cm³/mol. The van der Waals surface area contributed by atoms with Crippen LogP contribution in [0, 0.1) is 41.9 Å². The van der Waals surface area contributed by atoms with Gasteiger partial charge in [-0.2, -0.15) is 5.10 Å². The Labute approximate surface area is 290 Å². The number of imide groups is 2. The molecule has 0 radical (unpaired) electrons. The van der Waals surface area contributed by atoms with Crippen LogP contribution >= 0.6 is 22.9 Å². The van der Waals surface area contributed by atoms with E-state index in [4.69, 9.17) is 21.4 Å². The number of benzene rings is 2. The third-order valence-electron chi connectivity index (χ3n) is 11.5. The van der Waals surface area contributed by atoms with E-state index in [9.17, 15) is 24.3 Å². The first-order valence-corrected chi connectivity index (χ1v) is 17.5. The Balaban J connectivity index is 1.16. The summed E-state index contributed by atoms with van der Waals surface area (Å²) in [4.78, 5) is 57.9. The van der Waals surface area contributed by atoms with Gasteiger partial charge in [-0.05, 0) is 85.5 Å².